The molecule has 1 saturated heterocycles. The lowest BCUT2D eigenvalue weighted by atomic mass is 9.52. The van der Waals surface area contributed by atoms with Crippen LogP contribution < -0.4 is 4.74 Å². The first-order valence-electron chi connectivity index (χ1n) is 13.0. The van der Waals surface area contributed by atoms with Crippen molar-refractivity contribution in [1.29, 1.82) is 0 Å². The van der Waals surface area contributed by atoms with E-state index in [0.717, 1.165) is 37.0 Å². The normalized spacial score (nSPS) is 25.7. The second-order valence-corrected chi connectivity index (χ2v) is 10.3. The number of carboxylic acid groups (broad SMARTS) is 1. The molecule has 1 amide bonds. The molecule has 0 radical (unpaired) electrons. The van der Waals surface area contributed by atoms with Crippen LogP contribution in [0.25, 0.3) is 0 Å². The van der Waals surface area contributed by atoms with Gasteiger partial charge in [0.25, 0.3) is 0 Å². The quantitative estimate of drug-likeness (QED) is 0.564. The Labute approximate surface area is 207 Å². The zero-order chi connectivity index (χ0) is 24.4. The van der Waals surface area contributed by atoms with Gasteiger partial charge in [-0.15, -0.1) is 0 Å². The number of carbonyl (C=O) groups is 2. The van der Waals surface area contributed by atoms with Crippen molar-refractivity contribution in [2.75, 3.05) is 13.2 Å². The predicted molar refractivity (Wildman–Crippen MR) is 132 cm³/mol. The van der Waals surface area contributed by atoms with Crippen LogP contribution >= 0.6 is 0 Å². The Morgan fingerprint density at radius 3 is 2.74 bits per heavy atom. The van der Waals surface area contributed by atoms with Crippen molar-refractivity contribution in [3.8, 4) is 5.75 Å². The summed E-state index contributed by atoms with van der Waals surface area (Å²) in [5, 5.41) is 9.36. The number of piperidine rings is 1. The number of likely N-dealkylation sites (tertiary alicyclic amines) is 1. The van der Waals surface area contributed by atoms with Gasteiger partial charge in [-0.3, -0.25) is 4.79 Å². The summed E-state index contributed by atoms with van der Waals surface area (Å²) in [6.07, 6.45) is 6.73. The molecule has 4 atom stereocenters. The van der Waals surface area contributed by atoms with Gasteiger partial charge < -0.3 is 19.5 Å². The number of hydrogen-bond donors (Lipinski definition) is 1. The van der Waals surface area contributed by atoms with E-state index >= 15 is 0 Å². The Morgan fingerprint density at radius 2 is 1.97 bits per heavy atom. The molecule has 6 nitrogen and oxygen atoms in total. The highest BCUT2D eigenvalue weighted by Gasteiger charge is 2.55. The number of hydrogen-bond acceptors (Lipinski definition) is 4. The second kappa shape index (κ2) is 9.92. The minimum absolute atomic E-state index is 0.0586. The van der Waals surface area contributed by atoms with Crippen molar-refractivity contribution in [2.24, 2.45) is 11.8 Å². The standard InChI is InChI=1S/C29H35NO5/c1-2-21(27(31)32)19-34-23-12-11-22-16-26-24-10-6-7-13-29(24,25(22)17-23)14-15-30(26)28(33)35-18-20-8-4-3-5-9-20/h3-5,8-9,11-12,17,21,24,26H,2,6-7,10,13-16,18-19H2,1H3,(H,31,32)/t21?,24-,26+,29+/m0/s1. The lowest BCUT2D eigenvalue weighted by Gasteiger charge is -2.58. The summed E-state index contributed by atoms with van der Waals surface area (Å²) in [5.74, 6) is -0.142. The van der Waals surface area contributed by atoms with E-state index in [-0.39, 0.29) is 24.2 Å². The molecule has 1 heterocycles. The highest BCUT2D eigenvalue weighted by Crippen LogP contribution is 2.56. The van der Waals surface area contributed by atoms with Crippen LogP contribution in [-0.4, -0.2) is 41.3 Å². The third-order valence-corrected chi connectivity index (χ3v) is 8.54. The minimum Gasteiger partial charge on any atom is -0.493 e. The number of amides is 1. The fourth-order valence-corrected chi connectivity index (χ4v) is 6.66. The summed E-state index contributed by atoms with van der Waals surface area (Å²) in [6.45, 7) is 3.06. The molecule has 2 aromatic rings. The van der Waals surface area contributed by atoms with Crippen molar-refractivity contribution in [2.45, 2.75) is 69.9 Å². The Bertz CT molecular complexity index is 1070. The van der Waals surface area contributed by atoms with Crippen molar-refractivity contribution in [1.82, 2.24) is 4.90 Å². The van der Waals surface area contributed by atoms with Crippen LogP contribution in [0, 0.1) is 11.8 Å². The van der Waals surface area contributed by atoms with E-state index in [4.69, 9.17) is 9.47 Å². The molecule has 35 heavy (non-hydrogen) atoms. The summed E-state index contributed by atoms with van der Waals surface area (Å²) in [6, 6.07) is 16.2. The van der Waals surface area contributed by atoms with Gasteiger partial charge in [0.1, 0.15) is 19.0 Å². The number of nitrogens with zero attached hydrogens (tertiary/aromatic N) is 1. The number of benzene rings is 2. The maximum absolute atomic E-state index is 13.2. The number of aliphatic carboxylic acids is 1. The topological polar surface area (TPSA) is 76.1 Å². The molecule has 1 unspecified atom stereocenters. The molecule has 1 saturated carbocycles. The SMILES string of the molecule is CCC(COc1ccc2c(c1)[C@@]13CCCC[C@H]1[C@@H](C2)N(C(=O)OCc1ccccc1)CC3)C(=O)O. The largest absolute Gasteiger partial charge is 0.493 e. The van der Waals surface area contributed by atoms with Gasteiger partial charge >= 0.3 is 12.1 Å². The lowest BCUT2D eigenvalue weighted by Crippen LogP contribution is -2.62. The Hall–Kier alpha value is -3.02. The predicted octanol–water partition coefficient (Wildman–Crippen LogP) is 5.57. The Kier molecular flexibility index (Phi) is 6.72. The molecule has 1 N–H and O–H groups in total. The summed E-state index contributed by atoms with van der Waals surface area (Å²) < 4.78 is 11.7. The summed E-state index contributed by atoms with van der Waals surface area (Å²) in [5.41, 5.74) is 3.70. The average molecular weight is 478 g/mol. The van der Waals surface area contributed by atoms with Crippen molar-refractivity contribution < 1.29 is 24.2 Å². The zero-order valence-corrected chi connectivity index (χ0v) is 20.4. The molecule has 3 aliphatic rings. The summed E-state index contributed by atoms with van der Waals surface area (Å²) >= 11 is 0. The zero-order valence-electron chi connectivity index (χ0n) is 20.4. The highest BCUT2D eigenvalue weighted by atomic mass is 16.6. The van der Waals surface area contributed by atoms with Gasteiger partial charge in [0.2, 0.25) is 0 Å². The van der Waals surface area contributed by atoms with E-state index < -0.39 is 11.9 Å². The van der Waals surface area contributed by atoms with Gasteiger partial charge in [-0.1, -0.05) is 56.2 Å². The first kappa shape index (κ1) is 23.7. The fourth-order valence-electron chi connectivity index (χ4n) is 6.66. The molecule has 6 heteroatoms. The van der Waals surface area contributed by atoms with Crippen LogP contribution in [-0.2, 0) is 28.0 Å². The van der Waals surface area contributed by atoms with Gasteiger partial charge in [0, 0.05) is 18.0 Å². The first-order valence-corrected chi connectivity index (χ1v) is 13.0. The number of rotatable bonds is 7. The van der Waals surface area contributed by atoms with E-state index in [0.29, 0.717) is 25.5 Å². The molecular weight excluding hydrogens is 442 g/mol. The van der Waals surface area contributed by atoms with E-state index in [1.54, 1.807) is 0 Å². The number of ether oxygens (including phenoxy) is 2. The van der Waals surface area contributed by atoms with Crippen molar-refractivity contribution >= 4 is 12.1 Å². The van der Waals surface area contributed by atoms with Gasteiger partial charge in [0.15, 0.2) is 0 Å². The summed E-state index contributed by atoms with van der Waals surface area (Å²) in [4.78, 5) is 26.6. The molecule has 0 aromatic heterocycles. The molecule has 1 aliphatic heterocycles. The highest BCUT2D eigenvalue weighted by molar-refractivity contribution is 5.70. The Balaban J connectivity index is 1.36. The number of fused-ring (bicyclic) bond motifs is 1. The molecule has 0 spiro atoms. The smallest absolute Gasteiger partial charge is 0.410 e. The van der Waals surface area contributed by atoms with Gasteiger partial charge in [0.05, 0.1) is 5.92 Å². The van der Waals surface area contributed by atoms with E-state index in [1.165, 1.54) is 24.0 Å². The number of carbonyl (C=O) groups excluding carboxylic acids is 1. The maximum atomic E-state index is 13.2. The van der Waals surface area contributed by atoms with Crippen molar-refractivity contribution in [3.63, 3.8) is 0 Å². The fraction of sp³-hybridized carbons (Fsp3) is 0.517. The second-order valence-electron chi connectivity index (χ2n) is 10.3. The molecule has 5 rings (SSSR count). The van der Waals surface area contributed by atoms with Crippen LogP contribution in [0.2, 0.25) is 0 Å². The monoisotopic (exact) mass is 477 g/mol. The van der Waals surface area contributed by atoms with E-state index in [9.17, 15) is 14.7 Å². The lowest BCUT2D eigenvalue weighted by molar-refractivity contribution is -0.142. The molecule has 2 bridgehead atoms. The summed E-state index contributed by atoms with van der Waals surface area (Å²) in [7, 11) is 0. The third-order valence-electron chi connectivity index (χ3n) is 8.54. The van der Waals surface area contributed by atoms with Crippen LogP contribution in [0.5, 0.6) is 5.75 Å². The molecule has 2 fully saturated rings. The van der Waals surface area contributed by atoms with E-state index in [1.807, 2.05) is 48.2 Å². The van der Waals surface area contributed by atoms with Gasteiger partial charge in [-0.05, 0) is 66.8 Å². The van der Waals surface area contributed by atoms with Crippen molar-refractivity contribution in [3.05, 3.63) is 65.2 Å². The number of carboxylic acids is 1. The maximum Gasteiger partial charge on any atom is 0.410 e. The van der Waals surface area contributed by atoms with E-state index in [2.05, 4.69) is 12.1 Å². The van der Waals surface area contributed by atoms with Gasteiger partial charge in [-0.25, -0.2) is 4.79 Å². The Morgan fingerprint density at radius 1 is 1.14 bits per heavy atom. The molecular formula is C29H35NO5. The van der Waals surface area contributed by atoms with Gasteiger partial charge in [-0.2, -0.15) is 0 Å². The minimum atomic E-state index is -0.814. The molecule has 186 valence electrons. The third kappa shape index (κ3) is 4.51. The van der Waals surface area contributed by atoms with Crippen LogP contribution in [0.4, 0.5) is 4.79 Å². The average Bonchev–Trinajstić information content (AvgIpc) is 2.88. The molecule has 2 aliphatic carbocycles. The molecule has 2 aromatic carbocycles. The van der Waals surface area contributed by atoms with Crippen LogP contribution in [0.15, 0.2) is 48.5 Å². The van der Waals surface area contributed by atoms with Crippen LogP contribution in [0.1, 0.15) is 62.1 Å². The van der Waals surface area contributed by atoms with Crippen LogP contribution in [0.3, 0.4) is 0 Å². The first-order chi connectivity index (χ1) is 17.0.